The number of hydrogen-bond acceptors (Lipinski definition) is 5. The van der Waals surface area contributed by atoms with Crippen molar-refractivity contribution in [1.29, 1.82) is 0 Å². The van der Waals surface area contributed by atoms with Crippen LogP contribution in [0.15, 0.2) is 18.2 Å². The van der Waals surface area contributed by atoms with Crippen molar-refractivity contribution in [3.05, 3.63) is 29.3 Å². The van der Waals surface area contributed by atoms with Gasteiger partial charge in [-0.3, -0.25) is 0 Å². The first-order valence-corrected chi connectivity index (χ1v) is 5.35. The van der Waals surface area contributed by atoms with Crippen molar-refractivity contribution in [1.82, 2.24) is 0 Å². The third-order valence-corrected chi connectivity index (χ3v) is 2.45. The van der Waals surface area contributed by atoms with E-state index in [0.717, 1.165) is 6.07 Å². The van der Waals surface area contributed by atoms with Crippen LogP contribution in [0.1, 0.15) is 17.4 Å². The number of ether oxygens (including phenoxy) is 2. The Hall–Kier alpha value is -1.29. The molecule has 0 atom stereocenters. The molecule has 0 spiro atoms. The molecular formula is C10H10BF3O5. The zero-order valence-corrected chi connectivity index (χ0v) is 9.55. The summed E-state index contributed by atoms with van der Waals surface area (Å²) >= 11 is 0. The van der Waals surface area contributed by atoms with Crippen molar-refractivity contribution in [3.8, 4) is 5.75 Å². The molecule has 1 heterocycles. The van der Waals surface area contributed by atoms with Crippen LogP contribution in [0, 0.1) is 0 Å². The Morgan fingerprint density at radius 1 is 1.21 bits per heavy atom. The summed E-state index contributed by atoms with van der Waals surface area (Å²) in [5.74, 6) is -0.316. The summed E-state index contributed by atoms with van der Waals surface area (Å²) in [5, 5.41) is 17.2. The first kappa shape index (κ1) is 14.1. The van der Waals surface area contributed by atoms with E-state index in [9.17, 15) is 13.2 Å². The predicted molar refractivity (Wildman–Crippen MR) is 56.9 cm³/mol. The van der Waals surface area contributed by atoms with E-state index < -0.39 is 25.4 Å². The summed E-state index contributed by atoms with van der Waals surface area (Å²) in [6.45, 7) is 0.436. The van der Waals surface area contributed by atoms with Gasteiger partial charge >= 0.3 is 13.5 Å². The van der Waals surface area contributed by atoms with E-state index in [4.69, 9.17) is 19.5 Å². The molecule has 104 valence electrons. The molecule has 1 aliphatic rings. The Kier molecular flexibility index (Phi) is 4.00. The SMILES string of the molecule is OB(O)Oc1ccc(C2OCCO2)c(C(F)(F)F)c1. The monoisotopic (exact) mass is 278 g/mol. The normalized spacial score (nSPS) is 16.7. The summed E-state index contributed by atoms with van der Waals surface area (Å²) < 4.78 is 53.2. The van der Waals surface area contributed by atoms with Gasteiger partial charge in [0.15, 0.2) is 6.29 Å². The molecule has 0 bridgehead atoms. The maximum atomic E-state index is 12.9. The molecule has 0 amide bonds. The van der Waals surface area contributed by atoms with Crippen molar-refractivity contribution in [2.75, 3.05) is 13.2 Å². The zero-order chi connectivity index (χ0) is 14.0. The van der Waals surface area contributed by atoms with Gasteiger partial charge in [-0.15, -0.1) is 0 Å². The van der Waals surface area contributed by atoms with Gasteiger partial charge in [0, 0.05) is 5.56 Å². The van der Waals surface area contributed by atoms with Crippen LogP contribution in [0.25, 0.3) is 0 Å². The van der Waals surface area contributed by atoms with Gasteiger partial charge in [-0.05, 0) is 18.2 Å². The number of alkyl halides is 3. The Morgan fingerprint density at radius 3 is 2.37 bits per heavy atom. The lowest BCUT2D eigenvalue weighted by Crippen LogP contribution is -2.21. The van der Waals surface area contributed by atoms with Crippen LogP contribution in [-0.2, 0) is 15.7 Å². The summed E-state index contributed by atoms with van der Waals surface area (Å²) in [4.78, 5) is 0. The quantitative estimate of drug-likeness (QED) is 0.810. The van der Waals surface area contributed by atoms with E-state index in [1.807, 2.05) is 0 Å². The second kappa shape index (κ2) is 5.37. The Labute approximate surface area is 106 Å². The van der Waals surface area contributed by atoms with E-state index >= 15 is 0 Å². The number of halogens is 3. The number of rotatable bonds is 3. The molecular weight excluding hydrogens is 268 g/mol. The molecule has 2 rings (SSSR count). The molecule has 9 heteroatoms. The fourth-order valence-corrected chi connectivity index (χ4v) is 1.72. The van der Waals surface area contributed by atoms with Crippen LogP contribution in [0.5, 0.6) is 5.75 Å². The third-order valence-electron chi connectivity index (χ3n) is 2.45. The molecule has 1 aliphatic heterocycles. The lowest BCUT2D eigenvalue weighted by atomic mass is 10.1. The van der Waals surface area contributed by atoms with Gasteiger partial charge in [-0.2, -0.15) is 13.2 Å². The molecule has 2 N–H and O–H groups in total. The first-order valence-electron chi connectivity index (χ1n) is 5.35. The van der Waals surface area contributed by atoms with Crippen molar-refractivity contribution in [2.45, 2.75) is 12.5 Å². The standard InChI is InChI=1S/C10H10BF3O5/c12-10(13,14)8-5-6(19-11(15)16)1-2-7(8)9-17-3-4-18-9/h1-2,5,9,15-16H,3-4H2. The number of benzene rings is 1. The molecule has 0 aliphatic carbocycles. The fraction of sp³-hybridized carbons (Fsp3) is 0.400. The highest BCUT2D eigenvalue weighted by atomic mass is 19.4. The topological polar surface area (TPSA) is 68.2 Å². The zero-order valence-electron chi connectivity index (χ0n) is 9.55. The van der Waals surface area contributed by atoms with Crippen molar-refractivity contribution in [2.24, 2.45) is 0 Å². The second-order valence-electron chi connectivity index (χ2n) is 3.76. The molecule has 1 fully saturated rings. The molecule has 1 aromatic carbocycles. The summed E-state index contributed by atoms with van der Waals surface area (Å²) in [6, 6.07) is 2.96. The average Bonchev–Trinajstić information content (AvgIpc) is 2.80. The second-order valence-corrected chi connectivity index (χ2v) is 3.76. The minimum Gasteiger partial charge on any atom is -0.512 e. The summed E-state index contributed by atoms with van der Waals surface area (Å²) in [7, 11) is -2.19. The largest absolute Gasteiger partial charge is 0.707 e. The Morgan fingerprint density at radius 2 is 1.84 bits per heavy atom. The van der Waals surface area contributed by atoms with Gasteiger partial charge in [0.05, 0.1) is 18.8 Å². The maximum Gasteiger partial charge on any atom is 0.707 e. The first-order chi connectivity index (χ1) is 8.88. The number of hydrogen-bond donors (Lipinski definition) is 2. The van der Waals surface area contributed by atoms with Crippen LogP contribution in [0.2, 0.25) is 0 Å². The van der Waals surface area contributed by atoms with E-state index in [1.165, 1.54) is 6.07 Å². The van der Waals surface area contributed by atoms with Crippen molar-refractivity contribution >= 4 is 7.32 Å². The van der Waals surface area contributed by atoms with Crippen LogP contribution < -0.4 is 4.65 Å². The van der Waals surface area contributed by atoms with Crippen LogP contribution in [-0.4, -0.2) is 30.6 Å². The highest BCUT2D eigenvalue weighted by Gasteiger charge is 2.37. The minimum absolute atomic E-state index is 0.176. The molecule has 0 radical (unpaired) electrons. The van der Waals surface area contributed by atoms with E-state index in [1.54, 1.807) is 0 Å². The van der Waals surface area contributed by atoms with Crippen molar-refractivity contribution < 1.29 is 37.3 Å². The average molecular weight is 278 g/mol. The Balaban J connectivity index is 2.37. The van der Waals surface area contributed by atoms with Crippen molar-refractivity contribution in [3.63, 3.8) is 0 Å². The smallest absolute Gasteiger partial charge is 0.512 e. The highest BCUT2D eigenvalue weighted by molar-refractivity contribution is 6.33. The molecule has 1 aromatic rings. The van der Waals surface area contributed by atoms with Gasteiger partial charge in [0.1, 0.15) is 5.75 Å². The van der Waals surface area contributed by atoms with E-state index in [0.29, 0.717) is 6.07 Å². The van der Waals surface area contributed by atoms with Gasteiger partial charge in [-0.25, -0.2) is 0 Å². The van der Waals surface area contributed by atoms with Crippen LogP contribution in [0.4, 0.5) is 13.2 Å². The van der Waals surface area contributed by atoms with E-state index in [-0.39, 0.29) is 24.5 Å². The van der Waals surface area contributed by atoms with Gasteiger partial charge in [0.25, 0.3) is 0 Å². The lowest BCUT2D eigenvalue weighted by Gasteiger charge is -2.18. The Bertz CT molecular complexity index is 445. The molecule has 0 unspecified atom stereocenters. The minimum atomic E-state index is -4.63. The van der Waals surface area contributed by atoms with Gasteiger partial charge in [0.2, 0.25) is 0 Å². The van der Waals surface area contributed by atoms with Gasteiger partial charge < -0.3 is 24.2 Å². The summed E-state index contributed by atoms with van der Waals surface area (Å²) in [5.41, 5.74) is -1.18. The molecule has 5 nitrogen and oxygen atoms in total. The predicted octanol–water partition coefficient (Wildman–Crippen LogP) is 1.10. The fourth-order valence-electron chi connectivity index (χ4n) is 1.72. The van der Waals surface area contributed by atoms with Gasteiger partial charge in [-0.1, -0.05) is 0 Å². The maximum absolute atomic E-state index is 12.9. The van der Waals surface area contributed by atoms with Crippen LogP contribution in [0.3, 0.4) is 0 Å². The highest BCUT2D eigenvalue weighted by Crippen LogP contribution is 2.39. The molecule has 1 saturated heterocycles. The molecule has 0 aromatic heterocycles. The summed E-state index contributed by atoms with van der Waals surface area (Å²) in [6.07, 6.45) is -5.71. The molecule has 19 heavy (non-hydrogen) atoms. The van der Waals surface area contributed by atoms with Crippen LogP contribution >= 0.6 is 0 Å². The molecule has 0 saturated carbocycles. The lowest BCUT2D eigenvalue weighted by molar-refractivity contribution is -0.142. The van der Waals surface area contributed by atoms with E-state index in [2.05, 4.69) is 4.65 Å². The third kappa shape index (κ3) is 3.38.